The third kappa shape index (κ3) is 4.91. The Hall–Kier alpha value is -2.21. The van der Waals surface area contributed by atoms with E-state index in [1.165, 1.54) is 6.07 Å². The van der Waals surface area contributed by atoms with Gasteiger partial charge in [-0.05, 0) is 37.8 Å². The van der Waals surface area contributed by atoms with Gasteiger partial charge in [-0.1, -0.05) is 23.4 Å². The molecule has 3 rings (SSSR count). The van der Waals surface area contributed by atoms with Gasteiger partial charge in [-0.25, -0.2) is 4.39 Å². The number of carbonyl (C=O) groups excluding carboxylic acids is 1. The molecule has 0 saturated carbocycles. The molecule has 5 nitrogen and oxygen atoms in total. The standard InChI is InChI=1S/C20H25FN2O3/c1-14-18(11-20(24)22-12-15-9-10-25-13-15)23-26-19(14)8-4-6-16-5-2-3-7-17(16)21/h2-3,5,7,15H,4,6,8-13H2,1H3,(H,22,24). The zero-order chi connectivity index (χ0) is 18.4. The van der Waals surface area contributed by atoms with E-state index in [0.717, 1.165) is 37.4 Å². The summed E-state index contributed by atoms with van der Waals surface area (Å²) in [5, 5.41) is 6.98. The van der Waals surface area contributed by atoms with Crippen LogP contribution in [0.2, 0.25) is 0 Å². The van der Waals surface area contributed by atoms with Gasteiger partial charge in [0, 0.05) is 31.1 Å². The van der Waals surface area contributed by atoms with Crippen LogP contribution in [-0.2, 0) is 28.8 Å². The SMILES string of the molecule is Cc1c(CC(=O)NCC2CCOC2)noc1CCCc1ccccc1F. The van der Waals surface area contributed by atoms with Gasteiger partial charge in [0.1, 0.15) is 11.6 Å². The molecule has 0 radical (unpaired) electrons. The third-order valence-corrected chi connectivity index (χ3v) is 4.86. The summed E-state index contributed by atoms with van der Waals surface area (Å²) in [6.07, 6.45) is 3.30. The van der Waals surface area contributed by atoms with E-state index in [0.29, 0.717) is 36.6 Å². The topological polar surface area (TPSA) is 64.4 Å². The number of nitrogens with one attached hydrogen (secondary N) is 1. The molecule has 1 N–H and O–H groups in total. The van der Waals surface area contributed by atoms with Crippen LogP contribution >= 0.6 is 0 Å². The Morgan fingerprint density at radius 1 is 1.35 bits per heavy atom. The number of aromatic nitrogens is 1. The van der Waals surface area contributed by atoms with Gasteiger partial charge in [0.15, 0.2) is 0 Å². The molecule has 1 aromatic heterocycles. The zero-order valence-electron chi connectivity index (χ0n) is 15.1. The summed E-state index contributed by atoms with van der Waals surface area (Å²) >= 11 is 0. The second kappa shape index (κ2) is 8.94. The Labute approximate surface area is 152 Å². The summed E-state index contributed by atoms with van der Waals surface area (Å²) in [4.78, 5) is 12.1. The Morgan fingerprint density at radius 3 is 2.96 bits per heavy atom. The minimum atomic E-state index is -0.174. The van der Waals surface area contributed by atoms with Gasteiger partial charge in [0.2, 0.25) is 5.91 Å². The fourth-order valence-corrected chi connectivity index (χ4v) is 3.16. The Kier molecular flexibility index (Phi) is 6.39. The molecule has 0 aliphatic carbocycles. The summed E-state index contributed by atoms with van der Waals surface area (Å²) < 4.78 is 24.3. The van der Waals surface area contributed by atoms with Crippen LogP contribution in [0.25, 0.3) is 0 Å². The number of aryl methyl sites for hydroxylation is 2. The minimum Gasteiger partial charge on any atom is -0.381 e. The van der Waals surface area contributed by atoms with Crippen LogP contribution in [-0.4, -0.2) is 30.8 Å². The van der Waals surface area contributed by atoms with Crippen molar-refractivity contribution in [3.8, 4) is 0 Å². The molecule has 0 bridgehead atoms. The predicted octanol–water partition coefficient (Wildman–Crippen LogP) is 2.99. The van der Waals surface area contributed by atoms with Gasteiger partial charge in [-0.2, -0.15) is 0 Å². The molecule has 140 valence electrons. The highest BCUT2D eigenvalue weighted by Gasteiger charge is 2.18. The molecule has 1 unspecified atom stereocenters. The second-order valence-electron chi connectivity index (χ2n) is 6.83. The van der Waals surface area contributed by atoms with Crippen molar-refractivity contribution in [2.24, 2.45) is 5.92 Å². The molecule has 1 amide bonds. The minimum absolute atomic E-state index is 0.0498. The van der Waals surface area contributed by atoms with Crippen LogP contribution < -0.4 is 5.32 Å². The van der Waals surface area contributed by atoms with Crippen LogP contribution in [0.3, 0.4) is 0 Å². The fourth-order valence-electron chi connectivity index (χ4n) is 3.16. The average Bonchev–Trinajstić information content (AvgIpc) is 3.27. The van der Waals surface area contributed by atoms with Crippen LogP contribution in [0.5, 0.6) is 0 Å². The Balaban J connectivity index is 1.46. The van der Waals surface area contributed by atoms with Crippen LogP contribution in [0.4, 0.5) is 4.39 Å². The van der Waals surface area contributed by atoms with Gasteiger partial charge < -0.3 is 14.6 Å². The van der Waals surface area contributed by atoms with E-state index in [9.17, 15) is 9.18 Å². The largest absolute Gasteiger partial charge is 0.381 e. The second-order valence-corrected chi connectivity index (χ2v) is 6.83. The molecule has 1 fully saturated rings. The lowest BCUT2D eigenvalue weighted by Gasteiger charge is -2.08. The van der Waals surface area contributed by atoms with Crippen molar-refractivity contribution in [2.75, 3.05) is 19.8 Å². The monoisotopic (exact) mass is 360 g/mol. The molecule has 1 aromatic carbocycles. The number of rotatable bonds is 8. The van der Waals surface area contributed by atoms with E-state index in [2.05, 4.69) is 10.5 Å². The Bertz CT molecular complexity index is 738. The number of ether oxygens (including phenoxy) is 1. The maximum absolute atomic E-state index is 13.6. The van der Waals surface area contributed by atoms with E-state index < -0.39 is 0 Å². The van der Waals surface area contributed by atoms with Crippen LogP contribution in [0, 0.1) is 18.7 Å². The molecule has 2 heterocycles. The molecular formula is C20H25FN2O3. The fraction of sp³-hybridized carbons (Fsp3) is 0.500. The number of benzene rings is 1. The average molecular weight is 360 g/mol. The smallest absolute Gasteiger partial charge is 0.226 e. The lowest BCUT2D eigenvalue weighted by molar-refractivity contribution is -0.120. The lowest BCUT2D eigenvalue weighted by atomic mass is 10.0. The number of hydrogen-bond donors (Lipinski definition) is 1. The Morgan fingerprint density at radius 2 is 2.19 bits per heavy atom. The van der Waals surface area contributed by atoms with Crippen molar-refractivity contribution in [2.45, 2.75) is 39.0 Å². The first-order chi connectivity index (χ1) is 12.6. The molecule has 1 atom stereocenters. The zero-order valence-corrected chi connectivity index (χ0v) is 15.1. The van der Waals surface area contributed by atoms with E-state index in [1.807, 2.05) is 13.0 Å². The van der Waals surface area contributed by atoms with Gasteiger partial charge in [0.25, 0.3) is 0 Å². The maximum Gasteiger partial charge on any atom is 0.226 e. The van der Waals surface area contributed by atoms with Gasteiger partial charge in [-0.15, -0.1) is 0 Å². The van der Waals surface area contributed by atoms with Crippen molar-refractivity contribution < 1.29 is 18.4 Å². The first-order valence-electron chi connectivity index (χ1n) is 9.15. The highest BCUT2D eigenvalue weighted by atomic mass is 19.1. The summed E-state index contributed by atoms with van der Waals surface area (Å²) in [7, 11) is 0. The van der Waals surface area contributed by atoms with E-state index in [-0.39, 0.29) is 18.1 Å². The van der Waals surface area contributed by atoms with Crippen molar-refractivity contribution >= 4 is 5.91 Å². The molecule has 2 aromatic rings. The van der Waals surface area contributed by atoms with Gasteiger partial charge >= 0.3 is 0 Å². The first-order valence-corrected chi connectivity index (χ1v) is 9.15. The molecule has 0 spiro atoms. The maximum atomic E-state index is 13.6. The number of halogens is 1. The summed E-state index contributed by atoms with van der Waals surface area (Å²) in [5.41, 5.74) is 2.30. The molecule has 1 saturated heterocycles. The molecule has 1 aliphatic heterocycles. The van der Waals surface area contributed by atoms with E-state index in [1.54, 1.807) is 12.1 Å². The number of amides is 1. The first kappa shape index (κ1) is 18.6. The molecule has 6 heteroatoms. The van der Waals surface area contributed by atoms with Gasteiger partial charge in [0.05, 0.1) is 18.7 Å². The molecule has 1 aliphatic rings. The van der Waals surface area contributed by atoms with Crippen LogP contribution in [0.1, 0.15) is 35.4 Å². The number of hydrogen-bond acceptors (Lipinski definition) is 4. The lowest BCUT2D eigenvalue weighted by Crippen LogP contribution is -2.30. The number of carbonyl (C=O) groups is 1. The summed E-state index contributed by atoms with van der Waals surface area (Å²) in [6, 6.07) is 6.81. The molecular weight excluding hydrogens is 335 g/mol. The normalized spacial score (nSPS) is 16.8. The van der Waals surface area contributed by atoms with Gasteiger partial charge in [-0.3, -0.25) is 4.79 Å². The van der Waals surface area contributed by atoms with Crippen molar-refractivity contribution in [3.63, 3.8) is 0 Å². The van der Waals surface area contributed by atoms with E-state index in [4.69, 9.17) is 9.26 Å². The summed E-state index contributed by atoms with van der Waals surface area (Å²) in [5.74, 6) is 0.956. The molecule has 26 heavy (non-hydrogen) atoms. The summed E-state index contributed by atoms with van der Waals surface area (Å²) in [6.45, 7) is 4.06. The highest BCUT2D eigenvalue weighted by molar-refractivity contribution is 5.78. The van der Waals surface area contributed by atoms with Crippen molar-refractivity contribution in [1.29, 1.82) is 0 Å². The van der Waals surface area contributed by atoms with E-state index >= 15 is 0 Å². The highest BCUT2D eigenvalue weighted by Crippen LogP contribution is 2.18. The van der Waals surface area contributed by atoms with Crippen molar-refractivity contribution in [3.05, 3.63) is 52.7 Å². The quantitative estimate of drug-likeness (QED) is 0.786. The third-order valence-electron chi connectivity index (χ3n) is 4.86. The van der Waals surface area contributed by atoms with Crippen LogP contribution in [0.15, 0.2) is 28.8 Å². The van der Waals surface area contributed by atoms with Crippen molar-refractivity contribution in [1.82, 2.24) is 10.5 Å². The number of nitrogens with zero attached hydrogens (tertiary/aromatic N) is 1. The predicted molar refractivity (Wildman–Crippen MR) is 95.3 cm³/mol.